The molecule has 0 saturated carbocycles. The second-order valence-corrected chi connectivity index (χ2v) is 4.75. The van der Waals surface area contributed by atoms with Crippen molar-refractivity contribution in [3.63, 3.8) is 0 Å². The lowest BCUT2D eigenvalue weighted by Gasteiger charge is -2.09. The van der Waals surface area contributed by atoms with Crippen molar-refractivity contribution in [3.05, 3.63) is 63.6 Å². The summed E-state index contributed by atoms with van der Waals surface area (Å²) < 4.78 is 33.1. The maximum absolute atomic E-state index is 13.4. The molecule has 0 saturated heterocycles. The lowest BCUT2D eigenvalue weighted by atomic mass is 10.2. The molecule has 0 spiro atoms. The number of ether oxygens (including phenoxy) is 1. The zero-order chi connectivity index (χ0) is 13.1. The Morgan fingerprint density at radius 2 is 1.78 bits per heavy atom. The molecule has 0 atom stereocenters. The van der Waals surface area contributed by atoms with E-state index in [1.807, 2.05) is 19.1 Å². The molecule has 2 rings (SSSR count). The van der Waals surface area contributed by atoms with Gasteiger partial charge < -0.3 is 4.74 Å². The fourth-order valence-electron chi connectivity index (χ4n) is 1.53. The molecule has 94 valence electrons. The summed E-state index contributed by atoms with van der Waals surface area (Å²) in [4.78, 5) is 0. The molecule has 0 bridgehead atoms. The largest absolute Gasteiger partial charge is 0.489 e. The van der Waals surface area contributed by atoms with Crippen LogP contribution >= 0.6 is 15.9 Å². The van der Waals surface area contributed by atoms with Crippen LogP contribution in [0.3, 0.4) is 0 Å². The summed E-state index contributed by atoms with van der Waals surface area (Å²) in [6.45, 7) is 1.79. The SMILES string of the molecule is Cc1cc(OCc2c(F)cccc2F)ccc1Br. The van der Waals surface area contributed by atoms with Crippen molar-refractivity contribution in [2.24, 2.45) is 0 Å². The van der Waals surface area contributed by atoms with Crippen molar-refractivity contribution in [3.8, 4) is 5.75 Å². The van der Waals surface area contributed by atoms with Crippen LogP contribution < -0.4 is 4.74 Å². The number of aryl methyl sites for hydroxylation is 1. The van der Waals surface area contributed by atoms with E-state index in [2.05, 4.69) is 15.9 Å². The van der Waals surface area contributed by atoms with Crippen LogP contribution in [0.1, 0.15) is 11.1 Å². The monoisotopic (exact) mass is 312 g/mol. The van der Waals surface area contributed by atoms with Crippen molar-refractivity contribution >= 4 is 15.9 Å². The molecule has 0 fully saturated rings. The maximum atomic E-state index is 13.4. The third-order valence-electron chi connectivity index (χ3n) is 2.57. The van der Waals surface area contributed by atoms with Crippen molar-refractivity contribution < 1.29 is 13.5 Å². The van der Waals surface area contributed by atoms with E-state index >= 15 is 0 Å². The lowest BCUT2D eigenvalue weighted by molar-refractivity contribution is 0.292. The molecule has 2 aromatic carbocycles. The number of benzene rings is 2. The normalized spacial score (nSPS) is 10.4. The average Bonchev–Trinajstić information content (AvgIpc) is 2.33. The predicted molar refractivity (Wildman–Crippen MR) is 69.6 cm³/mol. The standard InChI is InChI=1S/C14H11BrF2O/c1-9-7-10(5-6-12(9)15)18-8-11-13(16)3-2-4-14(11)17/h2-7H,8H2,1H3. The topological polar surface area (TPSA) is 9.23 Å². The molecule has 0 amide bonds. The second-order valence-electron chi connectivity index (χ2n) is 3.90. The van der Waals surface area contributed by atoms with E-state index < -0.39 is 11.6 Å². The molecular weight excluding hydrogens is 302 g/mol. The average molecular weight is 313 g/mol. The molecule has 1 nitrogen and oxygen atoms in total. The van der Waals surface area contributed by atoms with Gasteiger partial charge in [0.1, 0.15) is 24.0 Å². The van der Waals surface area contributed by atoms with Crippen molar-refractivity contribution in [2.75, 3.05) is 0 Å². The van der Waals surface area contributed by atoms with Gasteiger partial charge in [0.2, 0.25) is 0 Å². The fourth-order valence-corrected chi connectivity index (χ4v) is 1.78. The highest BCUT2D eigenvalue weighted by atomic mass is 79.9. The summed E-state index contributed by atoms with van der Waals surface area (Å²) in [5.41, 5.74) is 0.944. The van der Waals surface area contributed by atoms with E-state index in [-0.39, 0.29) is 12.2 Å². The Morgan fingerprint density at radius 3 is 2.39 bits per heavy atom. The highest BCUT2D eigenvalue weighted by Crippen LogP contribution is 2.23. The predicted octanol–water partition coefficient (Wildman–Crippen LogP) is 4.61. The smallest absolute Gasteiger partial charge is 0.132 e. The first-order valence-electron chi connectivity index (χ1n) is 5.40. The highest BCUT2D eigenvalue weighted by Gasteiger charge is 2.09. The van der Waals surface area contributed by atoms with Gasteiger partial charge in [-0.1, -0.05) is 22.0 Å². The van der Waals surface area contributed by atoms with Crippen LogP contribution in [-0.2, 0) is 6.61 Å². The molecular formula is C14H11BrF2O. The first-order chi connectivity index (χ1) is 8.58. The minimum Gasteiger partial charge on any atom is -0.489 e. The Balaban J connectivity index is 2.14. The van der Waals surface area contributed by atoms with E-state index in [1.165, 1.54) is 18.2 Å². The Morgan fingerprint density at radius 1 is 1.11 bits per heavy atom. The van der Waals surface area contributed by atoms with Gasteiger partial charge in [-0.05, 0) is 42.8 Å². The zero-order valence-electron chi connectivity index (χ0n) is 9.71. The van der Waals surface area contributed by atoms with Gasteiger partial charge in [0.05, 0.1) is 5.56 Å². The van der Waals surface area contributed by atoms with Gasteiger partial charge in [-0.2, -0.15) is 0 Å². The van der Waals surface area contributed by atoms with Crippen LogP contribution in [0.2, 0.25) is 0 Å². The van der Waals surface area contributed by atoms with Crippen LogP contribution in [0.25, 0.3) is 0 Å². The molecule has 0 aromatic heterocycles. The highest BCUT2D eigenvalue weighted by molar-refractivity contribution is 9.10. The maximum Gasteiger partial charge on any atom is 0.132 e. The van der Waals surface area contributed by atoms with Gasteiger partial charge in [0.25, 0.3) is 0 Å². The van der Waals surface area contributed by atoms with Crippen LogP contribution in [0.15, 0.2) is 40.9 Å². The molecule has 18 heavy (non-hydrogen) atoms. The molecule has 0 unspecified atom stereocenters. The van der Waals surface area contributed by atoms with E-state index in [1.54, 1.807) is 6.07 Å². The minimum atomic E-state index is -0.594. The van der Waals surface area contributed by atoms with E-state index in [4.69, 9.17) is 4.74 Å². The summed E-state index contributed by atoms with van der Waals surface area (Å²) in [7, 11) is 0. The van der Waals surface area contributed by atoms with Gasteiger partial charge >= 0.3 is 0 Å². The molecule has 0 radical (unpaired) electrons. The molecule has 2 aromatic rings. The summed E-state index contributed by atoms with van der Waals surface area (Å²) in [6.07, 6.45) is 0. The van der Waals surface area contributed by atoms with Crippen molar-refractivity contribution in [2.45, 2.75) is 13.5 Å². The molecule has 0 aliphatic rings. The third-order valence-corrected chi connectivity index (χ3v) is 3.46. The zero-order valence-corrected chi connectivity index (χ0v) is 11.3. The minimum absolute atomic E-state index is 0.0573. The molecule has 0 aliphatic heterocycles. The third kappa shape index (κ3) is 2.88. The molecule has 4 heteroatoms. The summed E-state index contributed by atoms with van der Waals surface area (Å²) in [5.74, 6) is -0.606. The van der Waals surface area contributed by atoms with Crippen LogP contribution in [0, 0.1) is 18.6 Å². The Bertz CT molecular complexity index is 549. The first kappa shape index (κ1) is 13.0. The summed E-state index contributed by atoms with van der Waals surface area (Å²) >= 11 is 3.37. The van der Waals surface area contributed by atoms with Crippen LogP contribution in [0.4, 0.5) is 8.78 Å². The number of rotatable bonds is 3. The van der Waals surface area contributed by atoms with Gasteiger partial charge in [-0.25, -0.2) is 8.78 Å². The van der Waals surface area contributed by atoms with Gasteiger partial charge in [0, 0.05) is 4.47 Å². The first-order valence-corrected chi connectivity index (χ1v) is 6.19. The number of hydrogen-bond donors (Lipinski definition) is 0. The number of halogens is 3. The Hall–Kier alpha value is -1.42. The van der Waals surface area contributed by atoms with Gasteiger partial charge in [-0.3, -0.25) is 0 Å². The quantitative estimate of drug-likeness (QED) is 0.804. The van der Waals surface area contributed by atoms with Gasteiger partial charge in [0.15, 0.2) is 0 Å². The Labute approximate surface area is 113 Å². The van der Waals surface area contributed by atoms with E-state index in [9.17, 15) is 8.78 Å². The lowest BCUT2D eigenvalue weighted by Crippen LogP contribution is -2.01. The van der Waals surface area contributed by atoms with Crippen LogP contribution in [0.5, 0.6) is 5.75 Å². The molecule has 0 N–H and O–H groups in total. The van der Waals surface area contributed by atoms with Gasteiger partial charge in [-0.15, -0.1) is 0 Å². The van der Waals surface area contributed by atoms with Crippen molar-refractivity contribution in [1.82, 2.24) is 0 Å². The Kier molecular flexibility index (Phi) is 3.97. The molecule has 0 heterocycles. The number of hydrogen-bond acceptors (Lipinski definition) is 1. The molecule has 0 aliphatic carbocycles. The fraction of sp³-hybridized carbons (Fsp3) is 0.143. The van der Waals surface area contributed by atoms with E-state index in [0.29, 0.717) is 5.75 Å². The van der Waals surface area contributed by atoms with E-state index in [0.717, 1.165) is 10.0 Å². The van der Waals surface area contributed by atoms with Crippen molar-refractivity contribution in [1.29, 1.82) is 0 Å². The van der Waals surface area contributed by atoms with Crippen LogP contribution in [-0.4, -0.2) is 0 Å². The summed E-state index contributed by atoms with van der Waals surface area (Å²) in [5, 5.41) is 0. The second kappa shape index (κ2) is 5.48. The summed E-state index contributed by atoms with van der Waals surface area (Å²) in [6, 6.07) is 9.15.